The number of hydrazone groups is 1. The number of hydrogen-bond acceptors (Lipinski definition) is 7. The standard InChI is InChI=1S/C22H27N3O5/c1-16(2)30-22(27)15-29-19-10-8-17(9-11-19)13-23-24-21(26)14-28-20-7-5-6-18(12-20)25(3)4/h5-13,16H,14-15H2,1-4H3,(H,24,26)/b23-13+. The third-order valence-electron chi connectivity index (χ3n) is 3.71. The van der Waals surface area contributed by atoms with Gasteiger partial charge < -0.3 is 19.1 Å². The number of carbonyl (C=O) groups is 2. The number of esters is 1. The highest BCUT2D eigenvalue weighted by molar-refractivity contribution is 5.83. The molecule has 2 aromatic carbocycles. The van der Waals surface area contributed by atoms with Gasteiger partial charge in [-0.1, -0.05) is 6.07 Å². The van der Waals surface area contributed by atoms with Gasteiger partial charge in [0.15, 0.2) is 13.2 Å². The Balaban J connectivity index is 1.74. The van der Waals surface area contributed by atoms with Crippen LogP contribution in [0.3, 0.4) is 0 Å². The molecule has 2 rings (SSSR count). The zero-order valence-electron chi connectivity index (χ0n) is 17.6. The van der Waals surface area contributed by atoms with E-state index in [-0.39, 0.29) is 25.2 Å². The van der Waals surface area contributed by atoms with Gasteiger partial charge in [0.1, 0.15) is 11.5 Å². The summed E-state index contributed by atoms with van der Waals surface area (Å²) in [6.07, 6.45) is 1.32. The molecule has 0 spiro atoms. The van der Waals surface area contributed by atoms with Gasteiger partial charge >= 0.3 is 5.97 Å². The van der Waals surface area contributed by atoms with E-state index in [4.69, 9.17) is 14.2 Å². The second-order valence-corrected chi connectivity index (χ2v) is 6.87. The molecule has 30 heavy (non-hydrogen) atoms. The van der Waals surface area contributed by atoms with Gasteiger partial charge in [0.05, 0.1) is 12.3 Å². The molecule has 0 bridgehead atoms. The number of carbonyl (C=O) groups excluding carboxylic acids is 2. The summed E-state index contributed by atoms with van der Waals surface area (Å²) in [5.74, 6) is 0.345. The molecule has 0 aromatic heterocycles. The lowest BCUT2D eigenvalue weighted by molar-refractivity contribution is -0.149. The minimum Gasteiger partial charge on any atom is -0.484 e. The second-order valence-electron chi connectivity index (χ2n) is 6.87. The Kier molecular flexibility index (Phi) is 8.68. The summed E-state index contributed by atoms with van der Waals surface area (Å²) < 4.78 is 15.8. The van der Waals surface area contributed by atoms with Crippen molar-refractivity contribution in [2.45, 2.75) is 20.0 Å². The van der Waals surface area contributed by atoms with E-state index in [1.54, 1.807) is 44.2 Å². The van der Waals surface area contributed by atoms with E-state index in [0.29, 0.717) is 11.5 Å². The number of nitrogens with zero attached hydrogens (tertiary/aromatic N) is 2. The van der Waals surface area contributed by atoms with E-state index in [1.165, 1.54) is 6.21 Å². The number of hydrogen-bond donors (Lipinski definition) is 1. The molecule has 0 saturated heterocycles. The number of anilines is 1. The molecule has 0 heterocycles. The fraction of sp³-hybridized carbons (Fsp3) is 0.318. The van der Waals surface area contributed by atoms with Crippen LogP contribution in [-0.2, 0) is 14.3 Å². The van der Waals surface area contributed by atoms with Crippen LogP contribution in [0.2, 0.25) is 0 Å². The average molecular weight is 413 g/mol. The molecule has 8 nitrogen and oxygen atoms in total. The first-order valence-electron chi connectivity index (χ1n) is 9.48. The second kappa shape index (κ2) is 11.5. The van der Waals surface area contributed by atoms with E-state index >= 15 is 0 Å². The molecule has 0 aliphatic rings. The summed E-state index contributed by atoms with van der Waals surface area (Å²) >= 11 is 0. The summed E-state index contributed by atoms with van der Waals surface area (Å²) in [6.45, 7) is 3.26. The normalized spacial score (nSPS) is 10.7. The summed E-state index contributed by atoms with van der Waals surface area (Å²) in [7, 11) is 3.86. The Morgan fingerprint density at radius 3 is 2.40 bits per heavy atom. The van der Waals surface area contributed by atoms with Crippen LogP contribution >= 0.6 is 0 Å². The molecule has 0 aliphatic carbocycles. The van der Waals surface area contributed by atoms with Gasteiger partial charge in [0.2, 0.25) is 0 Å². The van der Waals surface area contributed by atoms with Crippen LogP contribution in [0.1, 0.15) is 19.4 Å². The van der Waals surface area contributed by atoms with Gasteiger partial charge in [0.25, 0.3) is 5.91 Å². The van der Waals surface area contributed by atoms with Crippen LogP contribution in [-0.4, -0.2) is 51.5 Å². The molecule has 160 valence electrons. The summed E-state index contributed by atoms with van der Waals surface area (Å²) in [6, 6.07) is 14.4. The van der Waals surface area contributed by atoms with Gasteiger partial charge in [-0.3, -0.25) is 4.79 Å². The lowest BCUT2D eigenvalue weighted by atomic mass is 10.2. The molecule has 1 amide bonds. The molecular formula is C22H27N3O5. The van der Waals surface area contributed by atoms with E-state index in [9.17, 15) is 9.59 Å². The monoisotopic (exact) mass is 413 g/mol. The van der Waals surface area contributed by atoms with E-state index in [0.717, 1.165) is 11.3 Å². The van der Waals surface area contributed by atoms with Gasteiger partial charge in [-0.25, -0.2) is 10.2 Å². The quantitative estimate of drug-likeness (QED) is 0.366. The minimum absolute atomic E-state index is 0.145. The van der Waals surface area contributed by atoms with Crippen LogP contribution < -0.4 is 19.8 Å². The van der Waals surface area contributed by atoms with Gasteiger partial charge in [0, 0.05) is 25.8 Å². The first-order valence-corrected chi connectivity index (χ1v) is 9.48. The van der Waals surface area contributed by atoms with Crippen LogP contribution in [0.4, 0.5) is 5.69 Å². The Hall–Kier alpha value is -3.55. The van der Waals surface area contributed by atoms with Crippen molar-refractivity contribution in [1.82, 2.24) is 5.43 Å². The zero-order valence-corrected chi connectivity index (χ0v) is 17.6. The molecule has 0 unspecified atom stereocenters. The third-order valence-corrected chi connectivity index (χ3v) is 3.71. The molecule has 2 aromatic rings. The number of ether oxygens (including phenoxy) is 3. The van der Waals surface area contributed by atoms with Crippen molar-refractivity contribution in [3.63, 3.8) is 0 Å². The maximum absolute atomic E-state index is 11.9. The van der Waals surface area contributed by atoms with Crippen molar-refractivity contribution in [3.8, 4) is 11.5 Å². The number of rotatable bonds is 10. The van der Waals surface area contributed by atoms with Crippen LogP contribution in [0, 0.1) is 0 Å². The average Bonchev–Trinajstić information content (AvgIpc) is 2.71. The Morgan fingerprint density at radius 1 is 1.03 bits per heavy atom. The Bertz CT molecular complexity index is 863. The molecule has 1 N–H and O–H groups in total. The topological polar surface area (TPSA) is 89.5 Å². The Labute approximate surface area is 176 Å². The number of nitrogens with one attached hydrogen (secondary N) is 1. The predicted molar refractivity (Wildman–Crippen MR) is 115 cm³/mol. The largest absolute Gasteiger partial charge is 0.484 e. The highest BCUT2D eigenvalue weighted by atomic mass is 16.6. The van der Waals surface area contributed by atoms with Crippen molar-refractivity contribution in [3.05, 3.63) is 54.1 Å². The number of amides is 1. The first kappa shape index (κ1) is 22.7. The summed E-state index contributed by atoms with van der Waals surface area (Å²) in [5.41, 5.74) is 4.15. The van der Waals surface area contributed by atoms with Crippen molar-refractivity contribution < 1.29 is 23.8 Å². The van der Waals surface area contributed by atoms with Crippen LogP contribution in [0.15, 0.2) is 53.6 Å². The predicted octanol–water partition coefficient (Wildman–Crippen LogP) is 2.61. The van der Waals surface area contributed by atoms with Gasteiger partial charge in [-0.05, 0) is 55.8 Å². The zero-order chi connectivity index (χ0) is 21.9. The SMILES string of the molecule is CC(C)OC(=O)COc1ccc(/C=N/NC(=O)COc2cccc(N(C)C)c2)cc1. The number of benzene rings is 2. The van der Waals surface area contributed by atoms with E-state index < -0.39 is 5.97 Å². The first-order chi connectivity index (χ1) is 14.3. The third kappa shape index (κ3) is 8.22. The van der Waals surface area contributed by atoms with E-state index in [2.05, 4.69) is 10.5 Å². The fourth-order valence-corrected chi connectivity index (χ4v) is 2.30. The Morgan fingerprint density at radius 2 is 1.73 bits per heavy atom. The summed E-state index contributed by atoms with van der Waals surface area (Å²) in [5, 5.41) is 3.91. The lowest BCUT2D eigenvalue weighted by Gasteiger charge is -2.13. The minimum atomic E-state index is -0.422. The highest BCUT2D eigenvalue weighted by Gasteiger charge is 2.06. The molecule has 0 atom stereocenters. The molecular weight excluding hydrogens is 386 g/mol. The van der Waals surface area contributed by atoms with Crippen molar-refractivity contribution >= 4 is 23.8 Å². The van der Waals surface area contributed by atoms with Crippen LogP contribution in [0.25, 0.3) is 0 Å². The summed E-state index contributed by atoms with van der Waals surface area (Å²) in [4.78, 5) is 25.3. The molecule has 8 heteroatoms. The maximum Gasteiger partial charge on any atom is 0.344 e. The van der Waals surface area contributed by atoms with Crippen molar-refractivity contribution in [1.29, 1.82) is 0 Å². The molecule has 0 radical (unpaired) electrons. The lowest BCUT2D eigenvalue weighted by Crippen LogP contribution is -2.24. The van der Waals surface area contributed by atoms with Crippen molar-refractivity contribution in [2.75, 3.05) is 32.2 Å². The fourth-order valence-electron chi connectivity index (χ4n) is 2.30. The van der Waals surface area contributed by atoms with E-state index in [1.807, 2.05) is 37.2 Å². The molecule has 0 saturated carbocycles. The van der Waals surface area contributed by atoms with Crippen molar-refractivity contribution in [2.24, 2.45) is 5.10 Å². The van der Waals surface area contributed by atoms with Gasteiger partial charge in [-0.15, -0.1) is 0 Å². The highest BCUT2D eigenvalue weighted by Crippen LogP contribution is 2.19. The smallest absolute Gasteiger partial charge is 0.344 e. The molecule has 0 aliphatic heterocycles. The molecule has 0 fully saturated rings. The van der Waals surface area contributed by atoms with Gasteiger partial charge in [-0.2, -0.15) is 5.10 Å². The van der Waals surface area contributed by atoms with Crippen LogP contribution in [0.5, 0.6) is 11.5 Å². The maximum atomic E-state index is 11.9.